The predicted octanol–water partition coefficient (Wildman–Crippen LogP) is 3.59. The van der Waals surface area contributed by atoms with Gasteiger partial charge in [0.05, 0.1) is 0 Å². The standard InChI is InChI=1S/C12H16/c1-3-12(2)9-11(12)10-7-5-4-6-8-10/h4-8,11H,3,9H2,1-2H3. The molecule has 0 nitrogen and oxygen atoms in total. The van der Waals surface area contributed by atoms with E-state index in [2.05, 4.69) is 44.2 Å². The Morgan fingerprint density at radius 3 is 2.50 bits per heavy atom. The first kappa shape index (κ1) is 7.85. The van der Waals surface area contributed by atoms with Gasteiger partial charge in [-0.1, -0.05) is 50.6 Å². The monoisotopic (exact) mass is 160 g/mol. The van der Waals surface area contributed by atoms with Crippen LogP contribution in [0.15, 0.2) is 30.3 Å². The first-order valence-corrected chi connectivity index (χ1v) is 4.81. The first-order valence-electron chi connectivity index (χ1n) is 4.81. The number of hydrogen-bond donors (Lipinski definition) is 0. The lowest BCUT2D eigenvalue weighted by Crippen LogP contribution is -1.93. The van der Waals surface area contributed by atoms with Gasteiger partial charge in [-0.25, -0.2) is 0 Å². The molecule has 0 saturated heterocycles. The van der Waals surface area contributed by atoms with Crippen molar-refractivity contribution >= 4 is 0 Å². The van der Waals surface area contributed by atoms with E-state index in [9.17, 15) is 0 Å². The average Bonchev–Trinajstić information content (AvgIpc) is 2.81. The van der Waals surface area contributed by atoms with E-state index < -0.39 is 0 Å². The fourth-order valence-corrected chi connectivity index (χ4v) is 2.00. The molecule has 0 aliphatic heterocycles. The fourth-order valence-electron chi connectivity index (χ4n) is 2.00. The summed E-state index contributed by atoms with van der Waals surface area (Å²) in [6.45, 7) is 4.69. The smallest absolute Gasteiger partial charge is 0.0102 e. The molecule has 12 heavy (non-hydrogen) atoms. The van der Waals surface area contributed by atoms with Crippen LogP contribution in [0.5, 0.6) is 0 Å². The molecule has 1 fully saturated rings. The van der Waals surface area contributed by atoms with Crippen LogP contribution in [0, 0.1) is 5.41 Å². The SMILES string of the molecule is CCC1(C)CC1c1ccccc1. The highest BCUT2D eigenvalue weighted by Gasteiger charge is 2.48. The minimum atomic E-state index is 0.612. The Hall–Kier alpha value is -0.780. The lowest BCUT2D eigenvalue weighted by molar-refractivity contribution is 0.528. The maximum atomic E-state index is 2.39. The summed E-state index contributed by atoms with van der Waals surface area (Å²) in [5.74, 6) is 0.837. The zero-order chi connectivity index (χ0) is 8.60. The van der Waals surface area contributed by atoms with Crippen LogP contribution >= 0.6 is 0 Å². The highest BCUT2D eigenvalue weighted by molar-refractivity contribution is 5.28. The largest absolute Gasteiger partial charge is 0.0648 e. The van der Waals surface area contributed by atoms with Crippen molar-refractivity contribution in [3.63, 3.8) is 0 Å². The molecule has 0 aromatic heterocycles. The summed E-state index contributed by atoms with van der Waals surface area (Å²) in [7, 11) is 0. The van der Waals surface area contributed by atoms with E-state index in [-0.39, 0.29) is 0 Å². The fraction of sp³-hybridized carbons (Fsp3) is 0.500. The molecule has 0 heteroatoms. The van der Waals surface area contributed by atoms with Crippen LogP contribution in [0.25, 0.3) is 0 Å². The van der Waals surface area contributed by atoms with Crippen molar-refractivity contribution in [1.29, 1.82) is 0 Å². The van der Waals surface area contributed by atoms with Crippen LogP contribution in [0.2, 0.25) is 0 Å². The van der Waals surface area contributed by atoms with Crippen LogP contribution in [0.1, 0.15) is 38.2 Å². The molecule has 1 saturated carbocycles. The molecule has 0 amide bonds. The van der Waals surface area contributed by atoms with Crippen molar-refractivity contribution < 1.29 is 0 Å². The van der Waals surface area contributed by atoms with Gasteiger partial charge in [0.15, 0.2) is 0 Å². The molecule has 1 aromatic carbocycles. The minimum Gasteiger partial charge on any atom is -0.0648 e. The van der Waals surface area contributed by atoms with Crippen molar-refractivity contribution in [3.05, 3.63) is 35.9 Å². The van der Waals surface area contributed by atoms with Crippen LogP contribution in [-0.4, -0.2) is 0 Å². The van der Waals surface area contributed by atoms with Crippen molar-refractivity contribution in [2.75, 3.05) is 0 Å². The maximum Gasteiger partial charge on any atom is -0.0102 e. The molecule has 0 radical (unpaired) electrons. The first-order chi connectivity index (χ1) is 5.76. The number of rotatable bonds is 2. The zero-order valence-electron chi connectivity index (χ0n) is 7.88. The second kappa shape index (κ2) is 2.62. The zero-order valence-corrected chi connectivity index (χ0v) is 7.88. The molecule has 0 bridgehead atoms. The molecule has 1 aliphatic rings. The van der Waals surface area contributed by atoms with Crippen LogP contribution in [-0.2, 0) is 0 Å². The highest BCUT2D eigenvalue weighted by atomic mass is 14.5. The third kappa shape index (κ3) is 1.16. The molecule has 64 valence electrons. The van der Waals surface area contributed by atoms with E-state index >= 15 is 0 Å². The van der Waals surface area contributed by atoms with E-state index in [1.54, 1.807) is 0 Å². The Balaban J connectivity index is 2.16. The summed E-state index contributed by atoms with van der Waals surface area (Å²) in [5, 5.41) is 0. The van der Waals surface area contributed by atoms with Crippen molar-refractivity contribution in [2.45, 2.75) is 32.6 Å². The minimum absolute atomic E-state index is 0.612. The van der Waals surface area contributed by atoms with E-state index in [0.29, 0.717) is 5.41 Å². The summed E-state index contributed by atoms with van der Waals surface area (Å²) < 4.78 is 0. The molecule has 0 N–H and O–H groups in total. The summed E-state index contributed by atoms with van der Waals surface area (Å²) in [4.78, 5) is 0. The maximum absolute atomic E-state index is 2.39. The Kier molecular flexibility index (Phi) is 1.71. The third-order valence-electron chi connectivity index (χ3n) is 3.36. The molecule has 0 heterocycles. The summed E-state index contributed by atoms with van der Waals surface area (Å²) >= 11 is 0. The Labute approximate surface area is 74.6 Å². The molecular formula is C12H16. The molecule has 1 aliphatic carbocycles. The normalized spacial score (nSPS) is 33.3. The number of benzene rings is 1. The van der Waals surface area contributed by atoms with Crippen molar-refractivity contribution in [1.82, 2.24) is 0 Å². The molecule has 2 rings (SSSR count). The van der Waals surface area contributed by atoms with E-state index in [0.717, 1.165) is 5.92 Å². The van der Waals surface area contributed by atoms with Gasteiger partial charge in [0.25, 0.3) is 0 Å². The van der Waals surface area contributed by atoms with Gasteiger partial charge in [0.1, 0.15) is 0 Å². The predicted molar refractivity (Wildman–Crippen MR) is 52.2 cm³/mol. The summed E-state index contributed by atoms with van der Waals surface area (Å²) in [6, 6.07) is 10.9. The highest BCUT2D eigenvalue weighted by Crippen LogP contribution is 2.60. The molecule has 2 atom stereocenters. The van der Waals surface area contributed by atoms with Crippen LogP contribution in [0.4, 0.5) is 0 Å². The Morgan fingerprint density at radius 2 is 2.00 bits per heavy atom. The van der Waals surface area contributed by atoms with Crippen LogP contribution in [0.3, 0.4) is 0 Å². The molecule has 1 aromatic rings. The van der Waals surface area contributed by atoms with Gasteiger partial charge in [-0.3, -0.25) is 0 Å². The molecule has 0 spiro atoms. The van der Waals surface area contributed by atoms with Gasteiger partial charge in [-0.15, -0.1) is 0 Å². The summed E-state index contributed by atoms with van der Waals surface area (Å²) in [6.07, 6.45) is 2.69. The second-order valence-electron chi connectivity index (χ2n) is 4.17. The van der Waals surface area contributed by atoms with E-state index in [1.165, 1.54) is 18.4 Å². The number of hydrogen-bond acceptors (Lipinski definition) is 0. The van der Waals surface area contributed by atoms with Gasteiger partial charge in [-0.05, 0) is 23.3 Å². The quantitative estimate of drug-likeness (QED) is 0.620. The lowest BCUT2D eigenvalue weighted by atomic mass is 9.99. The molecular weight excluding hydrogens is 144 g/mol. The van der Waals surface area contributed by atoms with Gasteiger partial charge < -0.3 is 0 Å². The Bertz CT molecular complexity index is 263. The van der Waals surface area contributed by atoms with Gasteiger partial charge in [-0.2, -0.15) is 0 Å². The molecule has 2 unspecified atom stereocenters. The van der Waals surface area contributed by atoms with Gasteiger partial charge >= 0.3 is 0 Å². The average molecular weight is 160 g/mol. The van der Waals surface area contributed by atoms with E-state index in [4.69, 9.17) is 0 Å². The third-order valence-corrected chi connectivity index (χ3v) is 3.36. The summed E-state index contributed by atoms with van der Waals surface area (Å²) in [5.41, 5.74) is 2.14. The topological polar surface area (TPSA) is 0 Å². The van der Waals surface area contributed by atoms with E-state index in [1.807, 2.05) is 0 Å². The van der Waals surface area contributed by atoms with Crippen molar-refractivity contribution in [3.8, 4) is 0 Å². The van der Waals surface area contributed by atoms with Gasteiger partial charge in [0.2, 0.25) is 0 Å². The van der Waals surface area contributed by atoms with Crippen molar-refractivity contribution in [2.24, 2.45) is 5.41 Å². The second-order valence-corrected chi connectivity index (χ2v) is 4.17. The van der Waals surface area contributed by atoms with Crippen LogP contribution < -0.4 is 0 Å². The lowest BCUT2D eigenvalue weighted by Gasteiger charge is -2.06. The van der Waals surface area contributed by atoms with Gasteiger partial charge in [0, 0.05) is 0 Å². The Morgan fingerprint density at radius 1 is 1.33 bits per heavy atom.